The van der Waals surface area contributed by atoms with E-state index in [0.29, 0.717) is 18.4 Å². The summed E-state index contributed by atoms with van der Waals surface area (Å²) in [6.07, 6.45) is 1.42. The molecule has 2 nitrogen and oxygen atoms in total. The highest BCUT2D eigenvalue weighted by atomic mass is 19.1. The second-order valence-corrected chi connectivity index (χ2v) is 5.26. The van der Waals surface area contributed by atoms with Crippen molar-refractivity contribution in [2.24, 2.45) is 0 Å². The fraction of sp³-hybridized carbons (Fsp3) is 0.235. The Morgan fingerprint density at radius 2 is 1.65 bits per heavy atom. The van der Waals surface area contributed by atoms with Crippen molar-refractivity contribution in [3.05, 3.63) is 66.0 Å². The summed E-state index contributed by atoms with van der Waals surface area (Å²) in [5, 5.41) is 0. The SMILES string of the molecule is CN(C(=O)C1(c2ccccc2F)CC1)c1ccccc1. The van der Waals surface area contributed by atoms with E-state index in [0.717, 1.165) is 5.69 Å². The third-order valence-electron chi connectivity index (χ3n) is 4.00. The van der Waals surface area contributed by atoms with Gasteiger partial charge in [0.25, 0.3) is 0 Å². The molecule has 1 fully saturated rings. The average molecular weight is 269 g/mol. The molecule has 20 heavy (non-hydrogen) atoms. The van der Waals surface area contributed by atoms with Crippen molar-refractivity contribution in [1.29, 1.82) is 0 Å². The van der Waals surface area contributed by atoms with Crippen LogP contribution in [0.25, 0.3) is 0 Å². The average Bonchev–Trinajstić information content (AvgIpc) is 3.29. The second kappa shape index (κ2) is 4.75. The summed E-state index contributed by atoms with van der Waals surface area (Å²) in [5.41, 5.74) is 0.684. The number of hydrogen-bond donors (Lipinski definition) is 0. The molecule has 0 bridgehead atoms. The monoisotopic (exact) mass is 269 g/mol. The smallest absolute Gasteiger partial charge is 0.237 e. The van der Waals surface area contributed by atoms with E-state index in [1.807, 2.05) is 30.3 Å². The molecule has 0 heterocycles. The molecule has 3 heteroatoms. The zero-order chi connectivity index (χ0) is 14.2. The molecule has 0 aliphatic heterocycles. The minimum atomic E-state index is -0.671. The minimum Gasteiger partial charge on any atom is -0.315 e. The van der Waals surface area contributed by atoms with E-state index in [2.05, 4.69) is 0 Å². The van der Waals surface area contributed by atoms with Gasteiger partial charge in [-0.25, -0.2) is 4.39 Å². The normalized spacial score (nSPS) is 15.7. The van der Waals surface area contributed by atoms with Crippen LogP contribution in [0.2, 0.25) is 0 Å². The van der Waals surface area contributed by atoms with Crippen molar-refractivity contribution in [2.45, 2.75) is 18.3 Å². The molecule has 0 N–H and O–H groups in total. The summed E-state index contributed by atoms with van der Waals surface area (Å²) in [5.74, 6) is -0.325. The summed E-state index contributed by atoms with van der Waals surface area (Å²) in [7, 11) is 1.75. The summed E-state index contributed by atoms with van der Waals surface area (Å²) >= 11 is 0. The Labute approximate surface area is 117 Å². The van der Waals surface area contributed by atoms with Crippen molar-refractivity contribution in [2.75, 3.05) is 11.9 Å². The van der Waals surface area contributed by atoms with E-state index >= 15 is 0 Å². The molecule has 0 unspecified atom stereocenters. The molecule has 0 aromatic heterocycles. The van der Waals surface area contributed by atoms with Crippen LogP contribution < -0.4 is 4.90 Å². The molecule has 3 rings (SSSR count). The van der Waals surface area contributed by atoms with Crippen LogP contribution in [-0.2, 0) is 10.2 Å². The number of carbonyl (C=O) groups excluding carboxylic acids is 1. The number of anilines is 1. The molecular formula is C17H16FNO. The largest absolute Gasteiger partial charge is 0.315 e. The Morgan fingerprint density at radius 3 is 2.25 bits per heavy atom. The van der Waals surface area contributed by atoms with Crippen LogP contribution in [0.4, 0.5) is 10.1 Å². The predicted molar refractivity (Wildman–Crippen MR) is 77.2 cm³/mol. The van der Waals surface area contributed by atoms with Gasteiger partial charge >= 0.3 is 0 Å². The molecule has 1 amide bonds. The van der Waals surface area contributed by atoms with Gasteiger partial charge in [0.05, 0.1) is 5.41 Å². The zero-order valence-corrected chi connectivity index (χ0v) is 11.3. The third kappa shape index (κ3) is 1.99. The van der Waals surface area contributed by atoms with E-state index in [4.69, 9.17) is 0 Å². The lowest BCUT2D eigenvalue weighted by atomic mass is 9.93. The lowest BCUT2D eigenvalue weighted by molar-refractivity contribution is -0.120. The molecule has 0 saturated heterocycles. The highest BCUT2D eigenvalue weighted by molar-refractivity contribution is 6.02. The first kappa shape index (κ1) is 12.9. The predicted octanol–water partition coefficient (Wildman–Crippen LogP) is 3.52. The molecule has 2 aromatic rings. The summed E-state index contributed by atoms with van der Waals surface area (Å²) in [6, 6.07) is 16.0. The first-order valence-electron chi connectivity index (χ1n) is 6.73. The molecular weight excluding hydrogens is 253 g/mol. The lowest BCUT2D eigenvalue weighted by Crippen LogP contribution is -2.37. The van der Waals surface area contributed by atoms with Crippen LogP contribution >= 0.6 is 0 Å². The number of hydrogen-bond acceptors (Lipinski definition) is 1. The van der Waals surface area contributed by atoms with Crippen LogP contribution in [0.1, 0.15) is 18.4 Å². The number of carbonyl (C=O) groups is 1. The molecule has 102 valence electrons. The summed E-state index contributed by atoms with van der Waals surface area (Å²) in [4.78, 5) is 14.4. The quantitative estimate of drug-likeness (QED) is 0.835. The number of likely N-dealkylation sites (N-methyl/N-ethyl adjacent to an activating group) is 1. The van der Waals surface area contributed by atoms with Crippen molar-refractivity contribution >= 4 is 11.6 Å². The lowest BCUT2D eigenvalue weighted by Gasteiger charge is -2.24. The van der Waals surface area contributed by atoms with E-state index in [-0.39, 0.29) is 11.7 Å². The molecule has 0 spiro atoms. The summed E-state index contributed by atoms with van der Waals surface area (Å²) in [6.45, 7) is 0. The molecule has 0 atom stereocenters. The maximum absolute atomic E-state index is 14.0. The second-order valence-electron chi connectivity index (χ2n) is 5.26. The van der Waals surface area contributed by atoms with Crippen LogP contribution in [0, 0.1) is 5.82 Å². The number of amides is 1. The van der Waals surface area contributed by atoms with Gasteiger partial charge in [-0.2, -0.15) is 0 Å². The van der Waals surface area contributed by atoms with Crippen molar-refractivity contribution in [1.82, 2.24) is 0 Å². The zero-order valence-electron chi connectivity index (χ0n) is 11.3. The number of benzene rings is 2. The highest BCUT2D eigenvalue weighted by Crippen LogP contribution is 2.50. The molecule has 1 aliphatic carbocycles. The Morgan fingerprint density at radius 1 is 1.05 bits per heavy atom. The molecule has 0 radical (unpaired) electrons. The van der Waals surface area contributed by atoms with Gasteiger partial charge in [-0.05, 0) is 31.0 Å². The van der Waals surface area contributed by atoms with Crippen LogP contribution in [0.15, 0.2) is 54.6 Å². The number of rotatable bonds is 3. The van der Waals surface area contributed by atoms with Gasteiger partial charge in [0.1, 0.15) is 5.82 Å². The molecule has 1 aliphatic rings. The first-order chi connectivity index (χ1) is 9.65. The molecule has 2 aromatic carbocycles. The third-order valence-corrected chi connectivity index (χ3v) is 4.00. The first-order valence-corrected chi connectivity index (χ1v) is 6.73. The van der Waals surface area contributed by atoms with E-state index in [1.54, 1.807) is 30.1 Å². The minimum absolute atomic E-state index is 0.0335. The van der Waals surface area contributed by atoms with Gasteiger partial charge in [0, 0.05) is 18.3 Å². The van der Waals surface area contributed by atoms with Crippen molar-refractivity contribution in [3.8, 4) is 0 Å². The van der Waals surface area contributed by atoms with Crippen molar-refractivity contribution in [3.63, 3.8) is 0 Å². The van der Waals surface area contributed by atoms with E-state index < -0.39 is 5.41 Å². The fourth-order valence-electron chi connectivity index (χ4n) is 2.66. The topological polar surface area (TPSA) is 20.3 Å². The Kier molecular flexibility index (Phi) is 3.05. The Bertz CT molecular complexity index is 634. The number of para-hydroxylation sites is 1. The van der Waals surface area contributed by atoms with Gasteiger partial charge in [0.2, 0.25) is 5.91 Å². The highest BCUT2D eigenvalue weighted by Gasteiger charge is 2.54. The van der Waals surface area contributed by atoms with Gasteiger partial charge in [-0.3, -0.25) is 4.79 Å². The van der Waals surface area contributed by atoms with E-state index in [1.165, 1.54) is 6.07 Å². The maximum Gasteiger partial charge on any atom is 0.237 e. The van der Waals surface area contributed by atoms with Gasteiger partial charge < -0.3 is 4.90 Å². The van der Waals surface area contributed by atoms with Crippen LogP contribution in [0.5, 0.6) is 0 Å². The Hall–Kier alpha value is -2.16. The maximum atomic E-state index is 14.0. The number of halogens is 1. The van der Waals surface area contributed by atoms with Crippen LogP contribution in [0.3, 0.4) is 0 Å². The van der Waals surface area contributed by atoms with Gasteiger partial charge in [0.15, 0.2) is 0 Å². The van der Waals surface area contributed by atoms with E-state index in [9.17, 15) is 9.18 Å². The molecule has 1 saturated carbocycles. The van der Waals surface area contributed by atoms with Crippen molar-refractivity contribution < 1.29 is 9.18 Å². The standard InChI is InChI=1S/C17H16FNO/c1-19(13-7-3-2-4-8-13)16(20)17(11-12-17)14-9-5-6-10-15(14)18/h2-10H,11-12H2,1H3. The number of nitrogens with zero attached hydrogens (tertiary/aromatic N) is 1. The van der Waals surface area contributed by atoms with Crippen LogP contribution in [-0.4, -0.2) is 13.0 Å². The Balaban J connectivity index is 1.93. The summed E-state index contributed by atoms with van der Waals surface area (Å²) < 4.78 is 14.0. The fourth-order valence-corrected chi connectivity index (χ4v) is 2.66. The van der Waals surface area contributed by atoms with Gasteiger partial charge in [-0.15, -0.1) is 0 Å². The van der Waals surface area contributed by atoms with Gasteiger partial charge in [-0.1, -0.05) is 36.4 Å².